The molecule has 0 radical (unpaired) electrons. The fraction of sp³-hybridized carbons (Fsp3) is 0.100. The maximum absolute atomic E-state index is 11.1. The molecular weight excluding hydrogens is 194 g/mol. The highest BCUT2D eigenvalue weighted by Crippen LogP contribution is 2.13. The molecule has 0 spiro atoms. The molecule has 0 saturated heterocycles. The molecule has 0 aliphatic rings. The molecule has 2 rings (SSSR count). The van der Waals surface area contributed by atoms with E-state index in [4.69, 9.17) is 5.11 Å². The van der Waals surface area contributed by atoms with Crippen LogP contribution in [0.2, 0.25) is 0 Å². The Balaban J connectivity index is 2.59. The van der Waals surface area contributed by atoms with Gasteiger partial charge in [0.2, 0.25) is 5.88 Å². The summed E-state index contributed by atoms with van der Waals surface area (Å²) in [4.78, 5) is 21.4. The minimum Gasteiger partial charge on any atom is -0.493 e. The summed E-state index contributed by atoms with van der Waals surface area (Å²) in [6.45, 7) is 1.91. The molecule has 5 heteroatoms. The summed E-state index contributed by atoms with van der Waals surface area (Å²) in [6.07, 6.45) is 1.62. The smallest absolute Gasteiger partial charge is 0.255 e. The van der Waals surface area contributed by atoms with Crippen molar-refractivity contribution >= 4 is 0 Å². The highest BCUT2D eigenvalue weighted by molar-refractivity contribution is 5.50. The summed E-state index contributed by atoms with van der Waals surface area (Å²) in [5.74, 6) is -0.0410. The molecule has 0 unspecified atom stereocenters. The van der Waals surface area contributed by atoms with E-state index in [0.29, 0.717) is 5.69 Å². The molecule has 0 bridgehead atoms. The highest BCUT2D eigenvalue weighted by Gasteiger charge is 2.04. The molecule has 0 aliphatic carbocycles. The van der Waals surface area contributed by atoms with Crippen LogP contribution < -0.4 is 5.56 Å². The molecule has 0 saturated carbocycles. The summed E-state index contributed by atoms with van der Waals surface area (Å²) in [6, 6.07) is 4.63. The van der Waals surface area contributed by atoms with Crippen LogP contribution in [0, 0.1) is 6.92 Å². The zero-order valence-corrected chi connectivity index (χ0v) is 8.06. The first-order valence-electron chi connectivity index (χ1n) is 4.38. The maximum Gasteiger partial charge on any atom is 0.255 e. The topological polar surface area (TPSA) is 78.9 Å². The first-order valence-corrected chi connectivity index (χ1v) is 4.38. The minimum absolute atomic E-state index is 0.267. The second-order valence-electron chi connectivity index (χ2n) is 3.17. The van der Waals surface area contributed by atoms with E-state index in [1.165, 1.54) is 0 Å². The average Bonchev–Trinajstić information content (AvgIpc) is 2.16. The summed E-state index contributed by atoms with van der Waals surface area (Å²) < 4.78 is 0. The van der Waals surface area contributed by atoms with Gasteiger partial charge in [-0.1, -0.05) is 0 Å². The van der Waals surface area contributed by atoms with Gasteiger partial charge in [-0.3, -0.25) is 9.78 Å². The molecule has 5 nitrogen and oxygen atoms in total. The Bertz CT molecular complexity index is 548. The summed E-state index contributed by atoms with van der Waals surface area (Å²) >= 11 is 0. The van der Waals surface area contributed by atoms with Gasteiger partial charge in [0.25, 0.3) is 5.56 Å². The summed E-state index contributed by atoms with van der Waals surface area (Å²) in [7, 11) is 0. The third-order valence-electron chi connectivity index (χ3n) is 1.89. The van der Waals surface area contributed by atoms with Crippen LogP contribution in [-0.4, -0.2) is 20.1 Å². The van der Waals surface area contributed by atoms with Crippen LogP contribution in [0.1, 0.15) is 5.56 Å². The van der Waals surface area contributed by atoms with Crippen LogP contribution in [0.4, 0.5) is 0 Å². The molecule has 76 valence electrons. The predicted molar refractivity (Wildman–Crippen MR) is 54.5 cm³/mol. The zero-order valence-electron chi connectivity index (χ0n) is 8.06. The van der Waals surface area contributed by atoms with E-state index in [1.807, 2.05) is 13.0 Å². The molecule has 0 aliphatic heterocycles. The number of aromatic nitrogens is 3. The number of rotatable bonds is 1. The van der Waals surface area contributed by atoms with Crippen LogP contribution in [0.25, 0.3) is 11.5 Å². The standard InChI is InChI=1S/C10H9N3O2/c1-6-2-3-11-7(4-6)10-12-8(14)5-9(15)13-10/h2-5H,1H3,(H2,12,13,14,15). The Kier molecular flexibility index (Phi) is 2.21. The van der Waals surface area contributed by atoms with Gasteiger partial charge in [-0.15, -0.1) is 0 Å². The molecule has 0 atom stereocenters. The predicted octanol–water partition coefficient (Wildman–Crippen LogP) is 0.846. The Morgan fingerprint density at radius 2 is 2.20 bits per heavy atom. The molecule has 2 aromatic rings. The van der Waals surface area contributed by atoms with Gasteiger partial charge in [0, 0.05) is 6.20 Å². The number of nitrogens with zero attached hydrogens (tertiary/aromatic N) is 2. The Hall–Kier alpha value is -2.17. The van der Waals surface area contributed by atoms with Crippen molar-refractivity contribution in [3.8, 4) is 17.4 Å². The van der Waals surface area contributed by atoms with Crippen molar-refractivity contribution in [3.63, 3.8) is 0 Å². The van der Waals surface area contributed by atoms with Crippen LogP contribution in [-0.2, 0) is 0 Å². The largest absolute Gasteiger partial charge is 0.493 e. The van der Waals surface area contributed by atoms with Crippen molar-refractivity contribution in [2.45, 2.75) is 6.92 Å². The van der Waals surface area contributed by atoms with E-state index >= 15 is 0 Å². The number of aryl methyl sites for hydroxylation is 1. The molecule has 2 heterocycles. The van der Waals surface area contributed by atoms with Crippen LogP contribution in [0.5, 0.6) is 5.88 Å². The highest BCUT2D eigenvalue weighted by atomic mass is 16.3. The minimum atomic E-state index is -0.402. The molecule has 2 aromatic heterocycles. The monoisotopic (exact) mass is 203 g/mol. The van der Waals surface area contributed by atoms with Gasteiger partial charge in [0.1, 0.15) is 5.69 Å². The van der Waals surface area contributed by atoms with Crippen LogP contribution >= 0.6 is 0 Å². The van der Waals surface area contributed by atoms with E-state index in [1.54, 1.807) is 12.3 Å². The van der Waals surface area contributed by atoms with E-state index in [2.05, 4.69) is 15.0 Å². The maximum atomic E-state index is 11.1. The molecular formula is C10H9N3O2. The fourth-order valence-electron chi connectivity index (χ4n) is 1.23. The lowest BCUT2D eigenvalue weighted by molar-refractivity contribution is 0.452. The number of H-pyrrole nitrogens is 1. The SMILES string of the molecule is Cc1ccnc(-c2nc(O)cc(=O)[nH]2)c1. The van der Waals surface area contributed by atoms with Gasteiger partial charge in [0.05, 0.1) is 6.07 Å². The van der Waals surface area contributed by atoms with E-state index in [0.717, 1.165) is 11.6 Å². The van der Waals surface area contributed by atoms with E-state index < -0.39 is 5.56 Å². The number of nitrogens with one attached hydrogen (secondary N) is 1. The first kappa shape index (κ1) is 9.39. The lowest BCUT2D eigenvalue weighted by Crippen LogP contribution is -2.07. The quantitative estimate of drug-likeness (QED) is 0.720. The van der Waals surface area contributed by atoms with Crippen molar-refractivity contribution < 1.29 is 5.11 Å². The zero-order chi connectivity index (χ0) is 10.8. The van der Waals surface area contributed by atoms with Gasteiger partial charge < -0.3 is 10.1 Å². The summed E-state index contributed by atoms with van der Waals surface area (Å²) in [5.41, 5.74) is 1.13. The lowest BCUT2D eigenvalue weighted by Gasteiger charge is -2.00. The molecule has 15 heavy (non-hydrogen) atoms. The fourth-order valence-corrected chi connectivity index (χ4v) is 1.23. The van der Waals surface area contributed by atoms with E-state index in [9.17, 15) is 4.79 Å². The van der Waals surface area contributed by atoms with Crippen molar-refractivity contribution in [1.29, 1.82) is 0 Å². The Morgan fingerprint density at radius 3 is 2.87 bits per heavy atom. The number of hydrogen-bond donors (Lipinski definition) is 2. The summed E-state index contributed by atoms with van der Waals surface area (Å²) in [5, 5.41) is 9.17. The third-order valence-corrected chi connectivity index (χ3v) is 1.89. The normalized spacial score (nSPS) is 10.2. The van der Waals surface area contributed by atoms with Crippen molar-refractivity contribution in [3.05, 3.63) is 40.3 Å². The number of pyridine rings is 1. The van der Waals surface area contributed by atoms with Crippen LogP contribution in [0.15, 0.2) is 29.2 Å². The van der Waals surface area contributed by atoms with E-state index in [-0.39, 0.29) is 11.7 Å². The first-order chi connectivity index (χ1) is 7.15. The average molecular weight is 203 g/mol. The van der Waals surface area contributed by atoms with Crippen molar-refractivity contribution in [2.24, 2.45) is 0 Å². The van der Waals surface area contributed by atoms with Gasteiger partial charge in [-0.25, -0.2) is 0 Å². The number of aromatic amines is 1. The van der Waals surface area contributed by atoms with Crippen molar-refractivity contribution in [1.82, 2.24) is 15.0 Å². The van der Waals surface area contributed by atoms with Crippen molar-refractivity contribution in [2.75, 3.05) is 0 Å². The van der Waals surface area contributed by atoms with Gasteiger partial charge >= 0.3 is 0 Å². The lowest BCUT2D eigenvalue weighted by atomic mass is 10.2. The van der Waals surface area contributed by atoms with Gasteiger partial charge in [-0.2, -0.15) is 4.98 Å². The molecule has 2 N–H and O–H groups in total. The number of hydrogen-bond acceptors (Lipinski definition) is 4. The second kappa shape index (κ2) is 3.53. The van der Waals surface area contributed by atoms with Gasteiger partial charge in [-0.05, 0) is 24.6 Å². The molecule has 0 aromatic carbocycles. The molecule has 0 amide bonds. The number of aromatic hydroxyl groups is 1. The van der Waals surface area contributed by atoms with Crippen LogP contribution in [0.3, 0.4) is 0 Å². The Labute approximate surface area is 85.5 Å². The second-order valence-corrected chi connectivity index (χ2v) is 3.17. The Morgan fingerprint density at radius 1 is 1.40 bits per heavy atom. The van der Waals surface area contributed by atoms with Gasteiger partial charge in [0.15, 0.2) is 5.82 Å². The molecule has 0 fully saturated rings. The third kappa shape index (κ3) is 2.01.